The molecular weight excluding hydrogens is 240 g/mol. The number of fused-ring (bicyclic) bond motifs is 1. The van der Waals surface area contributed by atoms with Gasteiger partial charge in [0, 0.05) is 11.0 Å². The Labute approximate surface area is 94.0 Å². The molecular formula is C12H17BrO. The molecule has 1 nitrogen and oxygen atoms in total. The molecule has 1 heterocycles. The highest BCUT2D eigenvalue weighted by molar-refractivity contribution is 9.10. The molecule has 0 saturated heterocycles. The van der Waals surface area contributed by atoms with E-state index in [1.165, 1.54) is 24.2 Å². The Morgan fingerprint density at radius 1 is 1.14 bits per heavy atom. The van der Waals surface area contributed by atoms with Crippen LogP contribution in [0.2, 0.25) is 0 Å². The normalized spacial score (nSPS) is 23.2. The van der Waals surface area contributed by atoms with E-state index in [2.05, 4.69) is 43.6 Å². The molecule has 0 radical (unpaired) electrons. The van der Waals surface area contributed by atoms with Gasteiger partial charge >= 0.3 is 0 Å². The average Bonchev–Trinajstić information content (AvgIpc) is 2.44. The smallest absolute Gasteiger partial charge is 0.114 e. The number of hydrogen-bond acceptors (Lipinski definition) is 1. The van der Waals surface area contributed by atoms with Crippen molar-refractivity contribution in [3.05, 3.63) is 22.1 Å². The number of hydrogen-bond donors (Lipinski definition) is 0. The summed E-state index contributed by atoms with van der Waals surface area (Å²) < 4.78 is 6.82. The highest BCUT2D eigenvalue weighted by atomic mass is 79.9. The van der Waals surface area contributed by atoms with E-state index in [-0.39, 0.29) is 10.8 Å². The zero-order valence-corrected chi connectivity index (χ0v) is 10.9. The predicted molar refractivity (Wildman–Crippen MR) is 61.7 cm³/mol. The first-order valence-electron chi connectivity index (χ1n) is 5.12. The number of furan rings is 1. The second kappa shape index (κ2) is 2.88. The fraction of sp³-hybridized carbons (Fsp3) is 0.667. The van der Waals surface area contributed by atoms with Gasteiger partial charge in [0.25, 0.3) is 0 Å². The van der Waals surface area contributed by atoms with E-state index in [1.54, 1.807) is 0 Å². The van der Waals surface area contributed by atoms with Crippen molar-refractivity contribution in [3.63, 3.8) is 0 Å². The molecule has 0 aliphatic heterocycles. The molecule has 1 aliphatic rings. The molecule has 2 rings (SSSR count). The summed E-state index contributed by atoms with van der Waals surface area (Å²) in [6.45, 7) is 9.11. The van der Waals surface area contributed by atoms with Crippen molar-refractivity contribution in [2.24, 2.45) is 0 Å². The standard InChI is InChI=1S/C12H17BrO/c1-11(2)5-6-12(3,4)10-9(11)8(13)7-14-10/h7H,5-6H2,1-4H3. The van der Waals surface area contributed by atoms with E-state index in [4.69, 9.17) is 4.42 Å². The van der Waals surface area contributed by atoms with E-state index < -0.39 is 0 Å². The van der Waals surface area contributed by atoms with Gasteiger partial charge in [-0.05, 0) is 34.2 Å². The fourth-order valence-electron chi connectivity index (χ4n) is 2.33. The van der Waals surface area contributed by atoms with Gasteiger partial charge in [0.05, 0.1) is 4.47 Å². The second-order valence-electron chi connectivity index (χ2n) is 5.56. The minimum atomic E-state index is 0.191. The van der Waals surface area contributed by atoms with Crippen LogP contribution in [0.5, 0.6) is 0 Å². The third-order valence-electron chi connectivity index (χ3n) is 3.41. The van der Waals surface area contributed by atoms with Gasteiger partial charge in [-0.15, -0.1) is 0 Å². The fourth-order valence-corrected chi connectivity index (χ4v) is 3.14. The van der Waals surface area contributed by atoms with Crippen LogP contribution in [0, 0.1) is 0 Å². The van der Waals surface area contributed by atoms with Crippen LogP contribution >= 0.6 is 15.9 Å². The van der Waals surface area contributed by atoms with E-state index >= 15 is 0 Å². The average molecular weight is 257 g/mol. The lowest BCUT2D eigenvalue weighted by molar-refractivity contribution is 0.278. The van der Waals surface area contributed by atoms with Crippen LogP contribution in [-0.4, -0.2) is 0 Å². The molecule has 0 aromatic carbocycles. The van der Waals surface area contributed by atoms with Crippen LogP contribution in [0.25, 0.3) is 0 Å². The zero-order chi connectivity index (χ0) is 10.6. The molecule has 0 atom stereocenters. The van der Waals surface area contributed by atoms with Gasteiger partial charge in [0.15, 0.2) is 0 Å². The molecule has 78 valence electrons. The first-order valence-corrected chi connectivity index (χ1v) is 5.92. The van der Waals surface area contributed by atoms with Crippen LogP contribution < -0.4 is 0 Å². The lowest BCUT2D eigenvalue weighted by atomic mass is 9.66. The van der Waals surface area contributed by atoms with E-state index in [1.807, 2.05) is 6.26 Å². The molecule has 1 aromatic heterocycles. The largest absolute Gasteiger partial charge is 0.467 e. The first-order chi connectivity index (χ1) is 6.34. The third kappa shape index (κ3) is 1.35. The van der Waals surface area contributed by atoms with Crippen molar-refractivity contribution < 1.29 is 4.42 Å². The lowest BCUT2D eigenvalue weighted by Gasteiger charge is -2.38. The maximum atomic E-state index is 5.69. The summed E-state index contributed by atoms with van der Waals surface area (Å²) in [6.07, 6.45) is 4.26. The van der Waals surface area contributed by atoms with E-state index in [9.17, 15) is 0 Å². The van der Waals surface area contributed by atoms with Crippen LogP contribution in [0.3, 0.4) is 0 Å². The van der Waals surface area contributed by atoms with Crippen molar-refractivity contribution in [2.45, 2.75) is 51.4 Å². The summed E-state index contributed by atoms with van der Waals surface area (Å²) in [4.78, 5) is 0. The SMILES string of the molecule is CC1(C)CCC(C)(C)c2c(Br)coc21. The zero-order valence-electron chi connectivity index (χ0n) is 9.28. The topological polar surface area (TPSA) is 13.1 Å². The molecule has 0 bridgehead atoms. The first kappa shape index (κ1) is 10.3. The molecule has 0 N–H and O–H groups in total. The number of rotatable bonds is 0. The second-order valence-corrected chi connectivity index (χ2v) is 6.41. The number of halogens is 1. The van der Waals surface area contributed by atoms with E-state index in [0.717, 1.165) is 4.47 Å². The van der Waals surface area contributed by atoms with Crippen molar-refractivity contribution in [3.8, 4) is 0 Å². The molecule has 1 aromatic rings. The van der Waals surface area contributed by atoms with Gasteiger partial charge < -0.3 is 4.42 Å². The maximum Gasteiger partial charge on any atom is 0.114 e. The summed E-state index contributed by atoms with van der Waals surface area (Å²) in [5, 5.41) is 0. The van der Waals surface area contributed by atoms with Gasteiger partial charge in [-0.2, -0.15) is 0 Å². The predicted octanol–water partition coefficient (Wildman–Crippen LogP) is 4.39. The Morgan fingerprint density at radius 2 is 1.71 bits per heavy atom. The van der Waals surface area contributed by atoms with Gasteiger partial charge in [0.2, 0.25) is 0 Å². The monoisotopic (exact) mass is 256 g/mol. The highest BCUT2D eigenvalue weighted by Crippen LogP contribution is 2.49. The van der Waals surface area contributed by atoms with Crippen molar-refractivity contribution in [1.29, 1.82) is 0 Å². The molecule has 2 heteroatoms. The van der Waals surface area contributed by atoms with Gasteiger partial charge in [-0.1, -0.05) is 27.7 Å². The molecule has 14 heavy (non-hydrogen) atoms. The summed E-state index contributed by atoms with van der Waals surface area (Å²) in [6, 6.07) is 0. The molecule has 0 unspecified atom stereocenters. The van der Waals surface area contributed by atoms with Crippen molar-refractivity contribution in [2.75, 3.05) is 0 Å². The minimum Gasteiger partial charge on any atom is -0.467 e. The summed E-state index contributed by atoms with van der Waals surface area (Å²) >= 11 is 3.59. The van der Waals surface area contributed by atoms with Gasteiger partial charge in [0.1, 0.15) is 12.0 Å². The van der Waals surface area contributed by atoms with Crippen LogP contribution in [-0.2, 0) is 10.8 Å². The molecule has 0 saturated carbocycles. The Bertz CT molecular complexity index is 360. The summed E-state index contributed by atoms with van der Waals surface area (Å²) in [7, 11) is 0. The van der Waals surface area contributed by atoms with Crippen LogP contribution in [0.15, 0.2) is 15.2 Å². The quantitative estimate of drug-likeness (QED) is 0.671. The summed E-state index contributed by atoms with van der Waals surface area (Å²) in [5.41, 5.74) is 1.81. The van der Waals surface area contributed by atoms with Crippen molar-refractivity contribution in [1.82, 2.24) is 0 Å². The maximum absolute atomic E-state index is 5.69. The minimum absolute atomic E-state index is 0.191. The Balaban J connectivity index is 2.64. The molecule has 0 spiro atoms. The van der Waals surface area contributed by atoms with Crippen molar-refractivity contribution >= 4 is 15.9 Å². The Hall–Kier alpha value is -0.240. The Kier molecular flexibility index (Phi) is 2.11. The lowest BCUT2D eigenvalue weighted by Crippen LogP contribution is -2.32. The molecule has 0 fully saturated rings. The summed E-state index contributed by atoms with van der Waals surface area (Å²) in [5.74, 6) is 1.17. The van der Waals surface area contributed by atoms with Crippen LogP contribution in [0.1, 0.15) is 51.9 Å². The van der Waals surface area contributed by atoms with Gasteiger partial charge in [-0.25, -0.2) is 0 Å². The third-order valence-corrected chi connectivity index (χ3v) is 4.00. The molecule has 1 aliphatic carbocycles. The van der Waals surface area contributed by atoms with Crippen LogP contribution in [0.4, 0.5) is 0 Å². The van der Waals surface area contributed by atoms with Gasteiger partial charge in [-0.3, -0.25) is 0 Å². The molecule has 0 amide bonds. The van der Waals surface area contributed by atoms with E-state index in [0.29, 0.717) is 0 Å². The highest BCUT2D eigenvalue weighted by Gasteiger charge is 2.41. The Morgan fingerprint density at radius 3 is 2.29 bits per heavy atom.